The maximum Gasteiger partial charge on any atom is 0.266 e. The lowest BCUT2D eigenvalue weighted by molar-refractivity contribution is 0.242. The number of aromatic nitrogens is 5. The molecule has 1 aliphatic heterocycles. The normalized spacial score (nSPS) is 16.8. The number of piperazine rings is 1. The van der Waals surface area contributed by atoms with Crippen LogP contribution < -0.4 is 10.5 Å². The predicted octanol–water partition coefficient (Wildman–Crippen LogP) is 1.80. The van der Waals surface area contributed by atoms with Crippen LogP contribution in [0.5, 0.6) is 0 Å². The standard InChI is InChI=1S/C23H27N7O/c31-23-8-7-21(19-5-3-9-24-17-19)27-30(23)15-12-28-10-13-29(14-11-28)22-16-18-4-1-2-6-20(18)25-26-22/h3,5,7-9,16-17H,1-2,4,6,10-15H2. The van der Waals surface area contributed by atoms with Crippen LogP contribution in [0.1, 0.15) is 24.1 Å². The third-order valence-electron chi connectivity index (χ3n) is 6.21. The van der Waals surface area contributed by atoms with E-state index in [0.29, 0.717) is 6.54 Å². The predicted molar refractivity (Wildman–Crippen MR) is 119 cm³/mol. The van der Waals surface area contributed by atoms with Gasteiger partial charge in [-0.1, -0.05) is 0 Å². The second-order valence-corrected chi connectivity index (χ2v) is 8.23. The van der Waals surface area contributed by atoms with E-state index in [4.69, 9.17) is 0 Å². The van der Waals surface area contributed by atoms with Crippen LogP contribution >= 0.6 is 0 Å². The van der Waals surface area contributed by atoms with Crippen molar-refractivity contribution in [1.29, 1.82) is 0 Å². The lowest BCUT2D eigenvalue weighted by Crippen LogP contribution is -2.48. The second kappa shape index (κ2) is 8.93. The van der Waals surface area contributed by atoms with Gasteiger partial charge in [-0.3, -0.25) is 14.7 Å². The molecule has 8 nitrogen and oxygen atoms in total. The third kappa shape index (κ3) is 4.49. The molecule has 4 heterocycles. The Hall–Kier alpha value is -3.13. The molecule has 0 unspecified atom stereocenters. The Morgan fingerprint density at radius 2 is 1.81 bits per heavy atom. The van der Waals surface area contributed by atoms with Crippen LogP contribution in [0.4, 0.5) is 5.82 Å². The number of fused-ring (bicyclic) bond motifs is 1. The zero-order valence-corrected chi connectivity index (χ0v) is 17.7. The first-order valence-corrected chi connectivity index (χ1v) is 11.1. The summed E-state index contributed by atoms with van der Waals surface area (Å²) in [5, 5.41) is 13.5. The fourth-order valence-corrected chi connectivity index (χ4v) is 4.35. The van der Waals surface area contributed by atoms with Crippen LogP contribution in [0, 0.1) is 0 Å². The highest BCUT2D eigenvalue weighted by Crippen LogP contribution is 2.23. The Kier molecular flexibility index (Phi) is 5.71. The first kappa shape index (κ1) is 19.8. The van der Waals surface area contributed by atoms with E-state index in [1.54, 1.807) is 29.2 Å². The van der Waals surface area contributed by atoms with Gasteiger partial charge in [0, 0.05) is 56.7 Å². The molecule has 0 radical (unpaired) electrons. The number of aryl methyl sites for hydroxylation is 2. The van der Waals surface area contributed by atoms with Gasteiger partial charge in [-0.25, -0.2) is 4.68 Å². The largest absolute Gasteiger partial charge is 0.353 e. The average Bonchev–Trinajstić information content (AvgIpc) is 2.84. The molecule has 0 bridgehead atoms. The maximum absolute atomic E-state index is 12.3. The molecule has 8 heteroatoms. The fraction of sp³-hybridized carbons (Fsp3) is 0.435. The van der Waals surface area contributed by atoms with Crippen molar-refractivity contribution in [2.24, 2.45) is 0 Å². The number of hydrogen-bond donors (Lipinski definition) is 0. The summed E-state index contributed by atoms with van der Waals surface area (Å²) >= 11 is 0. The van der Waals surface area contributed by atoms with E-state index < -0.39 is 0 Å². The monoisotopic (exact) mass is 417 g/mol. The van der Waals surface area contributed by atoms with Gasteiger partial charge in [0.15, 0.2) is 5.82 Å². The van der Waals surface area contributed by atoms with Crippen molar-refractivity contribution in [1.82, 2.24) is 29.9 Å². The molecule has 0 atom stereocenters. The van der Waals surface area contributed by atoms with E-state index in [9.17, 15) is 4.79 Å². The van der Waals surface area contributed by atoms with Gasteiger partial charge in [-0.05, 0) is 55.5 Å². The van der Waals surface area contributed by atoms with E-state index in [1.807, 2.05) is 12.1 Å². The molecule has 1 aliphatic carbocycles. The molecule has 5 rings (SSSR count). The summed E-state index contributed by atoms with van der Waals surface area (Å²) in [7, 11) is 0. The fourth-order valence-electron chi connectivity index (χ4n) is 4.35. The minimum atomic E-state index is -0.0735. The molecule has 0 amide bonds. The van der Waals surface area contributed by atoms with Gasteiger partial charge >= 0.3 is 0 Å². The second-order valence-electron chi connectivity index (χ2n) is 8.23. The van der Waals surface area contributed by atoms with Crippen molar-refractivity contribution in [2.45, 2.75) is 32.2 Å². The van der Waals surface area contributed by atoms with Crippen molar-refractivity contribution in [3.63, 3.8) is 0 Å². The maximum atomic E-state index is 12.3. The van der Waals surface area contributed by atoms with Gasteiger partial charge in [0.1, 0.15) is 0 Å². The highest BCUT2D eigenvalue weighted by Gasteiger charge is 2.20. The SMILES string of the molecule is O=c1ccc(-c2cccnc2)nn1CCN1CCN(c2cc3c(nn2)CCCC3)CC1. The molecular weight excluding hydrogens is 390 g/mol. The molecular formula is C23H27N7O. The molecule has 1 fully saturated rings. The van der Waals surface area contributed by atoms with Crippen LogP contribution in [0.15, 0.2) is 47.5 Å². The molecule has 3 aromatic heterocycles. The van der Waals surface area contributed by atoms with Crippen LogP contribution in [-0.4, -0.2) is 62.6 Å². The molecule has 1 saturated heterocycles. The quantitative estimate of drug-likeness (QED) is 0.626. The van der Waals surface area contributed by atoms with E-state index >= 15 is 0 Å². The summed E-state index contributed by atoms with van der Waals surface area (Å²) in [6, 6.07) is 9.41. The zero-order valence-electron chi connectivity index (χ0n) is 17.7. The molecule has 31 heavy (non-hydrogen) atoms. The summed E-state index contributed by atoms with van der Waals surface area (Å²) in [5.41, 5.74) is 4.16. The number of anilines is 1. The topological polar surface area (TPSA) is 80.0 Å². The molecule has 0 aromatic carbocycles. The van der Waals surface area contributed by atoms with Gasteiger partial charge in [-0.2, -0.15) is 10.2 Å². The lowest BCUT2D eigenvalue weighted by atomic mass is 9.97. The summed E-state index contributed by atoms with van der Waals surface area (Å²) in [6.45, 7) is 5.10. The molecule has 0 spiro atoms. The van der Waals surface area contributed by atoms with Crippen molar-refractivity contribution in [3.8, 4) is 11.3 Å². The van der Waals surface area contributed by atoms with Crippen molar-refractivity contribution in [3.05, 3.63) is 64.3 Å². The molecule has 3 aromatic rings. The number of nitrogens with zero attached hydrogens (tertiary/aromatic N) is 7. The average molecular weight is 418 g/mol. The molecule has 0 saturated carbocycles. The lowest BCUT2D eigenvalue weighted by Gasteiger charge is -2.35. The Morgan fingerprint density at radius 1 is 0.935 bits per heavy atom. The number of rotatable bonds is 5. The van der Waals surface area contributed by atoms with Crippen LogP contribution in [-0.2, 0) is 19.4 Å². The van der Waals surface area contributed by atoms with Crippen molar-refractivity contribution < 1.29 is 0 Å². The van der Waals surface area contributed by atoms with Gasteiger partial charge in [0.05, 0.1) is 17.9 Å². The summed E-state index contributed by atoms with van der Waals surface area (Å²) < 4.78 is 1.56. The van der Waals surface area contributed by atoms with E-state index in [1.165, 1.54) is 24.1 Å². The highest BCUT2D eigenvalue weighted by atomic mass is 16.1. The van der Waals surface area contributed by atoms with Gasteiger partial charge in [-0.15, -0.1) is 5.10 Å². The van der Waals surface area contributed by atoms with E-state index in [-0.39, 0.29) is 5.56 Å². The Balaban J connectivity index is 1.19. The minimum Gasteiger partial charge on any atom is -0.353 e. The highest BCUT2D eigenvalue weighted by molar-refractivity contribution is 5.56. The summed E-state index contributed by atoms with van der Waals surface area (Å²) in [6.07, 6.45) is 8.16. The molecule has 0 N–H and O–H groups in total. The van der Waals surface area contributed by atoms with E-state index in [0.717, 1.165) is 62.6 Å². The minimum absolute atomic E-state index is 0.0735. The summed E-state index contributed by atoms with van der Waals surface area (Å²) in [4.78, 5) is 21.1. The van der Waals surface area contributed by atoms with Crippen LogP contribution in [0.25, 0.3) is 11.3 Å². The molecule has 160 valence electrons. The van der Waals surface area contributed by atoms with Gasteiger partial charge in [0.25, 0.3) is 5.56 Å². The first-order chi connectivity index (χ1) is 15.3. The summed E-state index contributed by atoms with van der Waals surface area (Å²) in [5.74, 6) is 1.00. The smallest absolute Gasteiger partial charge is 0.266 e. The van der Waals surface area contributed by atoms with Crippen LogP contribution in [0.2, 0.25) is 0 Å². The number of hydrogen-bond acceptors (Lipinski definition) is 7. The van der Waals surface area contributed by atoms with E-state index in [2.05, 4.69) is 36.1 Å². The van der Waals surface area contributed by atoms with Gasteiger partial charge in [0.2, 0.25) is 0 Å². The van der Waals surface area contributed by atoms with Gasteiger partial charge < -0.3 is 4.90 Å². The Morgan fingerprint density at radius 3 is 2.65 bits per heavy atom. The Labute approximate surface area is 181 Å². The number of pyridine rings is 1. The first-order valence-electron chi connectivity index (χ1n) is 11.1. The Bertz CT molecular complexity index is 1090. The van der Waals surface area contributed by atoms with Crippen LogP contribution in [0.3, 0.4) is 0 Å². The zero-order chi connectivity index (χ0) is 21.0. The third-order valence-corrected chi connectivity index (χ3v) is 6.21. The van der Waals surface area contributed by atoms with Crippen molar-refractivity contribution >= 4 is 5.82 Å². The molecule has 2 aliphatic rings. The van der Waals surface area contributed by atoms with Crippen molar-refractivity contribution in [2.75, 3.05) is 37.6 Å².